The van der Waals surface area contributed by atoms with E-state index in [2.05, 4.69) is 46.3 Å². The number of carbonyl (C=O) groups excluding carboxylic acids is 1. The molecule has 1 aliphatic heterocycles. The zero-order chi connectivity index (χ0) is 22.6. The van der Waals surface area contributed by atoms with E-state index < -0.39 is 0 Å². The predicted octanol–water partition coefficient (Wildman–Crippen LogP) is 6.76. The Hall–Kier alpha value is -2.24. The van der Waals surface area contributed by atoms with E-state index in [0.29, 0.717) is 22.3 Å². The lowest BCUT2D eigenvalue weighted by Gasteiger charge is -2.38. The summed E-state index contributed by atoms with van der Waals surface area (Å²) in [4.78, 5) is 12.6. The lowest BCUT2D eigenvalue weighted by Crippen LogP contribution is -2.48. The molecule has 0 aromatic heterocycles. The molecule has 1 aliphatic rings. The van der Waals surface area contributed by atoms with Crippen LogP contribution in [0.3, 0.4) is 0 Å². The minimum absolute atomic E-state index is 0.137. The smallest absolute Gasteiger partial charge is 0.319 e. The molecule has 0 aliphatic carbocycles. The second-order valence-corrected chi connectivity index (χ2v) is 9.39. The molecule has 1 fully saturated rings. The number of rotatable bonds is 5. The number of nitrogens with one attached hydrogen (secondary N) is 3. The lowest BCUT2D eigenvalue weighted by atomic mass is 9.73. The molecular weight excluding hydrogens is 465 g/mol. The summed E-state index contributed by atoms with van der Waals surface area (Å²) in [5.74, 6) is 0. The van der Waals surface area contributed by atoms with E-state index in [4.69, 9.17) is 34.8 Å². The van der Waals surface area contributed by atoms with Crippen LogP contribution in [0.15, 0.2) is 66.7 Å². The number of hydrogen-bond donors (Lipinski definition) is 3. The van der Waals surface area contributed by atoms with Crippen LogP contribution in [0.5, 0.6) is 0 Å². The highest BCUT2D eigenvalue weighted by Crippen LogP contribution is 2.34. The predicted molar refractivity (Wildman–Crippen MR) is 134 cm³/mol. The van der Waals surface area contributed by atoms with Crippen molar-refractivity contribution in [3.63, 3.8) is 0 Å². The molecule has 1 saturated heterocycles. The third-order valence-electron chi connectivity index (χ3n) is 5.92. The van der Waals surface area contributed by atoms with Crippen LogP contribution in [0.1, 0.15) is 18.4 Å². The van der Waals surface area contributed by atoms with Gasteiger partial charge in [-0.3, -0.25) is 0 Å². The normalized spacial score (nSPS) is 15.2. The molecule has 0 saturated carbocycles. The van der Waals surface area contributed by atoms with Crippen molar-refractivity contribution >= 4 is 46.5 Å². The van der Waals surface area contributed by atoms with Gasteiger partial charge in [0.1, 0.15) is 0 Å². The Bertz CT molecular complexity index is 1080. The third kappa shape index (κ3) is 5.57. The molecule has 3 aromatic rings. The van der Waals surface area contributed by atoms with Crippen molar-refractivity contribution in [3.05, 3.63) is 87.4 Å². The average molecular weight is 489 g/mol. The monoisotopic (exact) mass is 487 g/mol. The van der Waals surface area contributed by atoms with Gasteiger partial charge < -0.3 is 16.0 Å². The summed E-state index contributed by atoms with van der Waals surface area (Å²) >= 11 is 18.2. The summed E-state index contributed by atoms with van der Waals surface area (Å²) in [5, 5.41) is 11.0. The van der Waals surface area contributed by atoms with Crippen LogP contribution in [-0.4, -0.2) is 25.7 Å². The molecule has 3 N–H and O–H groups in total. The number of urea groups is 1. The largest absolute Gasteiger partial charge is 0.337 e. The van der Waals surface area contributed by atoms with Gasteiger partial charge in [-0.25, -0.2) is 4.79 Å². The number of amides is 2. The molecule has 1 heterocycles. The van der Waals surface area contributed by atoms with Crippen LogP contribution < -0.4 is 16.0 Å². The first kappa shape index (κ1) is 22.9. The SMILES string of the molecule is O=C(NCC1(c2ccc(-c3cccc(Cl)c3)cc2)CCNCC1)Nc1cc(Cl)cc(Cl)c1. The molecule has 32 heavy (non-hydrogen) atoms. The molecule has 166 valence electrons. The van der Waals surface area contributed by atoms with Gasteiger partial charge in [-0.15, -0.1) is 0 Å². The molecule has 7 heteroatoms. The highest BCUT2D eigenvalue weighted by atomic mass is 35.5. The maximum absolute atomic E-state index is 12.6. The van der Waals surface area contributed by atoms with Crippen molar-refractivity contribution in [1.82, 2.24) is 10.6 Å². The lowest BCUT2D eigenvalue weighted by molar-refractivity contribution is 0.242. The van der Waals surface area contributed by atoms with Crippen LogP contribution in [0.25, 0.3) is 11.1 Å². The summed E-state index contributed by atoms with van der Waals surface area (Å²) in [5.41, 5.74) is 3.84. The molecule has 0 unspecified atom stereocenters. The summed E-state index contributed by atoms with van der Waals surface area (Å²) in [6, 6.07) is 21.1. The van der Waals surface area contributed by atoms with Crippen molar-refractivity contribution in [3.8, 4) is 11.1 Å². The topological polar surface area (TPSA) is 53.2 Å². The zero-order valence-electron chi connectivity index (χ0n) is 17.4. The van der Waals surface area contributed by atoms with Crippen LogP contribution in [-0.2, 0) is 5.41 Å². The standard InChI is InChI=1S/C25H24Cl3N3O/c26-20-3-1-2-18(12-20)17-4-6-19(7-5-17)25(8-10-29-11-9-25)16-30-24(32)31-23-14-21(27)13-22(28)15-23/h1-7,12-15,29H,8-11,16H2,(H2,30,31,32). The Kier molecular flexibility index (Phi) is 7.27. The number of benzene rings is 3. The highest BCUT2D eigenvalue weighted by molar-refractivity contribution is 6.35. The maximum Gasteiger partial charge on any atom is 0.319 e. The second kappa shape index (κ2) is 10.1. The van der Waals surface area contributed by atoms with Crippen molar-refractivity contribution in [2.24, 2.45) is 0 Å². The Labute approximate surface area is 203 Å². The van der Waals surface area contributed by atoms with E-state index in [-0.39, 0.29) is 11.4 Å². The van der Waals surface area contributed by atoms with Crippen molar-refractivity contribution in [2.75, 3.05) is 25.0 Å². The van der Waals surface area contributed by atoms with E-state index >= 15 is 0 Å². The summed E-state index contributed by atoms with van der Waals surface area (Å²) < 4.78 is 0. The fraction of sp³-hybridized carbons (Fsp3) is 0.240. The number of carbonyl (C=O) groups is 1. The van der Waals surface area contributed by atoms with E-state index in [1.165, 1.54) is 5.56 Å². The van der Waals surface area contributed by atoms with Crippen LogP contribution in [0.2, 0.25) is 15.1 Å². The fourth-order valence-electron chi connectivity index (χ4n) is 4.21. The first-order valence-corrected chi connectivity index (χ1v) is 11.7. The number of anilines is 1. The molecule has 0 spiro atoms. The van der Waals surface area contributed by atoms with Crippen LogP contribution >= 0.6 is 34.8 Å². The Morgan fingerprint density at radius 3 is 2.19 bits per heavy atom. The molecule has 4 rings (SSSR count). The van der Waals surface area contributed by atoms with E-state index in [9.17, 15) is 4.79 Å². The minimum atomic E-state index is -0.281. The fourth-order valence-corrected chi connectivity index (χ4v) is 4.92. The first-order chi connectivity index (χ1) is 15.4. The second-order valence-electron chi connectivity index (χ2n) is 8.08. The summed E-state index contributed by atoms with van der Waals surface area (Å²) in [6.07, 6.45) is 1.87. The zero-order valence-corrected chi connectivity index (χ0v) is 19.7. The third-order valence-corrected chi connectivity index (χ3v) is 6.60. The minimum Gasteiger partial charge on any atom is -0.337 e. The number of halogens is 3. The van der Waals surface area contributed by atoms with Crippen molar-refractivity contribution in [2.45, 2.75) is 18.3 Å². The summed E-state index contributed by atoms with van der Waals surface area (Å²) in [6.45, 7) is 2.35. The van der Waals surface area contributed by atoms with Gasteiger partial charge in [0.05, 0.1) is 0 Å². The molecule has 0 atom stereocenters. The van der Waals surface area contributed by atoms with Gasteiger partial charge in [0.15, 0.2) is 0 Å². The molecule has 0 radical (unpaired) electrons. The average Bonchev–Trinajstić information content (AvgIpc) is 2.78. The Morgan fingerprint density at radius 1 is 0.844 bits per heavy atom. The van der Waals surface area contributed by atoms with E-state index in [0.717, 1.165) is 42.1 Å². The van der Waals surface area contributed by atoms with E-state index in [1.807, 2.05) is 18.2 Å². The Morgan fingerprint density at radius 2 is 1.53 bits per heavy atom. The Balaban J connectivity index is 1.49. The number of piperidine rings is 1. The molecule has 3 aromatic carbocycles. The highest BCUT2D eigenvalue weighted by Gasteiger charge is 2.34. The first-order valence-electron chi connectivity index (χ1n) is 10.5. The van der Waals surface area contributed by atoms with Gasteiger partial charge in [0, 0.05) is 32.7 Å². The molecule has 0 bridgehead atoms. The number of hydrogen-bond acceptors (Lipinski definition) is 2. The quantitative estimate of drug-likeness (QED) is 0.372. The van der Waals surface area contributed by atoms with Crippen LogP contribution in [0.4, 0.5) is 10.5 Å². The van der Waals surface area contributed by atoms with Gasteiger partial charge in [-0.05, 0) is 73.0 Å². The van der Waals surface area contributed by atoms with Gasteiger partial charge in [-0.1, -0.05) is 71.2 Å². The van der Waals surface area contributed by atoms with Crippen molar-refractivity contribution < 1.29 is 4.79 Å². The van der Waals surface area contributed by atoms with Gasteiger partial charge in [-0.2, -0.15) is 0 Å². The van der Waals surface area contributed by atoms with Crippen LogP contribution in [0, 0.1) is 0 Å². The maximum atomic E-state index is 12.6. The van der Waals surface area contributed by atoms with Gasteiger partial charge in [0.2, 0.25) is 0 Å². The molecular formula is C25H24Cl3N3O. The molecule has 2 amide bonds. The van der Waals surface area contributed by atoms with E-state index in [1.54, 1.807) is 18.2 Å². The van der Waals surface area contributed by atoms with Gasteiger partial charge >= 0.3 is 6.03 Å². The molecule has 4 nitrogen and oxygen atoms in total. The van der Waals surface area contributed by atoms with Crippen molar-refractivity contribution in [1.29, 1.82) is 0 Å². The van der Waals surface area contributed by atoms with Gasteiger partial charge in [0.25, 0.3) is 0 Å². The summed E-state index contributed by atoms with van der Waals surface area (Å²) in [7, 11) is 0.